The Balaban J connectivity index is 0.00000128. The lowest BCUT2D eigenvalue weighted by molar-refractivity contribution is 0.776. The summed E-state index contributed by atoms with van der Waals surface area (Å²) < 4.78 is 1.92. The molecule has 0 fully saturated rings. The van der Waals surface area contributed by atoms with Crippen LogP contribution in [0.4, 0.5) is 5.69 Å². The van der Waals surface area contributed by atoms with Crippen molar-refractivity contribution < 1.29 is 0 Å². The normalized spacial score (nSPS) is 9.81. The van der Waals surface area contributed by atoms with E-state index in [9.17, 15) is 0 Å². The summed E-state index contributed by atoms with van der Waals surface area (Å²) >= 11 is 0. The predicted octanol–water partition coefficient (Wildman–Crippen LogP) is 2.83. The van der Waals surface area contributed by atoms with Gasteiger partial charge in [-0.1, -0.05) is 31.5 Å². The summed E-state index contributed by atoms with van der Waals surface area (Å²) in [4.78, 5) is 0. The third-order valence-electron chi connectivity index (χ3n) is 2.39. The number of nitrogens with two attached hydrogens (primary N) is 1. The maximum Gasteiger partial charge on any atom is 0.0737 e. The molecular formula is C12H16ClN3. The van der Waals surface area contributed by atoms with Crippen molar-refractivity contribution in [1.29, 1.82) is 0 Å². The van der Waals surface area contributed by atoms with E-state index in [4.69, 9.17) is 5.73 Å². The molecule has 0 spiro atoms. The first-order valence-corrected chi connectivity index (χ1v) is 5.20. The molecule has 0 unspecified atom stereocenters. The summed E-state index contributed by atoms with van der Waals surface area (Å²) in [6, 6.07) is 10.1. The molecule has 2 N–H and O–H groups in total. The van der Waals surface area contributed by atoms with Crippen LogP contribution in [0.3, 0.4) is 0 Å². The number of nitrogen functional groups attached to an aromatic ring is 1. The summed E-state index contributed by atoms with van der Waals surface area (Å²) in [6.45, 7) is 2.14. The minimum absolute atomic E-state index is 0. The molecule has 4 heteroatoms. The quantitative estimate of drug-likeness (QED) is 0.892. The maximum absolute atomic E-state index is 5.88. The molecule has 0 radical (unpaired) electrons. The molecule has 0 bridgehead atoms. The van der Waals surface area contributed by atoms with Crippen molar-refractivity contribution in [3.63, 3.8) is 0 Å². The van der Waals surface area contributed by atoms with Gasteiger partial charge in [-0.15, -0.1) is 12.4 Å². The van der Waals surface area contributed by atoms with Crippen LogP contribution < -0.4 is 5.73 Å². The molecule has 86 valence electrons. The maximum atomic E-state index is 5.88. The van der Waals surface area contributed by atoms with Gasteiger partial charge in [0.2, 0.25) is 0 Å². The van der Waals surface area contributed by atoms with Crippen molar-refractivity contribution in [1.82, 2.24) is 9.78 Å². The van der Waals surface area contributed by atoms with Gasteiger partial charge in [-0.05, 0) is 18.6 Å². The fourth-order valence-electron chi connectivity index (χ4n) is 1.67. The van der Waals surface area contributed by atoms with Crippen molar-refractivity contribution in [3.8, 4) is 5.69 Å². The topological polar surface area (TPSA) is 43.8 Å². The Hall–Kier alpha value is -1.48. The van der Waals surface area contributed by atoms with Crippen LogP contribution in [0.1, 0.15) is 19.0 Å². The average Bonchev–Trinajstić information content (AvgIpc) is 2.63. The number of para-hydroxylation sites is 1. The fraction of sp³-hybridized carbons (Fsp3) is 0.250. The molecule has 1 heterocycles. The molecule has 0 amide bonds. The zero-order valence-corrected chi connectivity index (χ0v) is 10.1. The summed E-state index contributed by atoms with van der Waals surface area (Å²) in [5, 5.41) is 4.30. The largest absolute Gasteiger partial charge is 0.396 e. The van der Waals surface area contributed by atoms with E-state index in [2.05, 4.69) is 12.0 Å². The van der Waals surface area contributed by atoms with Crippen molar-refractivity contribution in [2.45, 2.75) is 19.8 Å². The van der Waals surface area contributed by atoms with Gasteiger partial charge in [-0.3, -0.25) is 0 Å². The van der Waals surface area contributed by atoms with Crippen LogP contribution in [0.25, 0.3) is 5.69 Å². The van der Waals surface area contributed by atoms with E-state index < -0.39 is 0 Å². The van der Waals surface area contributed by atoms with E-state index in [1.54, 1.807) is 6.20 Å². The Morgan fingerprint density at radius 2 is 1.94 bits per heavy atom. The first-order valence-electron chi connectivity index (χ1n) is 5.20. The number of hydrogen-bond acceptors (Lipinski definition) is 2. The number of aromatic nitrogens is 2. The lowest BCUT2D eigenvalue weighted by Gasteiger charge is -2.06. The lowest BCUT2D eigenvalue weighted by atomic mass is 10.2. The number of halogens is 1. The highest BCUT2D eigenvalue weighted by Crippen LogP contribution is 2.17. The molecule has 0 aliphatic rings. The Morgan fingerprint density at radius 3 is 2.56 bits per heavy atom. The third kappa shape index (κ3) is 2.36. The number of benzene rings is 1. The van der Waals surface area contributed by atoms with Gasteiger partial charge >= 0.3 is 0 Å². The van der Waals surface area contributed by atoms with E-state index in [-0.39, 0.29) is 12.4 Å². The second-order valence-corrected chi connectivity index (χ2v) is 3.54. The zero-order valence-electron chi connectivity index (χ0n) is 9.26. The van der Waals surface area contributed by atoms with E-state index in [0.717, 1.165) is 29.9 Å². The zero-order chi connectivity index (χ0) is 10.7. The first-order chi connectivity index (χ1) is 7.33. The van der Waals surface area contributed by atoms with Crippen LogP contribution in [-0.4, -0.2) is 9.78 Å². The second kappa shape index (κ2) is 5.56. The first kappa shape index (κ1) is 12.6. The molecule has 2 aromatic rings. The smallest absolute Gasteiger partial charge is 0.0737 e. The number of hydrogen-bond donors (Lipinski definition) is 1. The highest BCUT2D eigenvalue weighted by molar-refractivity contribution is 5.85. The molecule has 0 aliphatic heterocycles. The Kier molecular flexibility index (Phi) is 4.38. The van der Waals surface area contributed by atoms with Crippen LogP contribution >= 0.6 is 12.4 Å². The van der Waals surface area contributed by atoms with E-state index in [1.807, 2.05) is 35.0 Å². The highest BCUT2D eigenvalue weighted by Gasteiger charge is 2.07. The Labute approximate surface area is 102 Å². The van der Waals surface area contributed by atoms with Crippen molar-refractivity contribution in [2.75, 3.05) is 5.73 Å². The van der Waals surface area contributed by atoms with Gasteiger partial charge in [0.05, 0.1) is 23.3 Å². The number of nitrogens with zero attached hydrogens (tertiary/aromatic N) is 2. The minimum Gasteiger partial charge on any atom is -0.396 e. The fourth-order valence-corrected chi connectivity index (χ4v) is 1.67. The van der Waals surface area contributed by atoms with Gasteiger partial charge in [0.1, 0.15) is 0 Å². The van der Waals surface area contributed by atoms with Crippen LogP contribution in [0.2, 0.25) is 0 Å². The highest BCUT2D eigenvalue weighted by atomic mass is 35.5. The molecule has 16 heavy (non-hydrogen) atoms. The molecule has 0 saturated heterocycles. The van der Waals surface area contributed by atoms with Crippen LogP contribution in [0.15, 0.2) is 36.5 Å². The van der Waals surface area contributed by atoms with Gasteiger partial charge in [0.25, 0.3) is 0 Å². The minimum atomic E-state index is 0. The van der Waals surface area contributed by atoms with Crippen LogP contribution in [-0.2, 0) is 6.42 Å². The second-order valence-electron chi connectivity index (χ2n) is 3.54. The van der Waals surface area contributed by atoms with Crippen molar-refractivity contribution in [2.24, 2.45) is 0 Å². The molecule has 1 aromatic heterocycles. The Morgan fingerprint density at radius 1 is 1.25 bits per heavy atom. The van der Waals surface area contributed by atoms with Gasteiger partial charge in [-0.25, -0.2) is 4.68 Å². The van der Waals surface area contributed by atoms with Crippen LogP contribution in [0, 0.1) is 0 Å². The van der Waals surface area contributed by atoms with Crippen molar-refractivity contribution >= 4 is 18.1 Å². The summed E-state index contributed by atoms with van der Waals surface area (Å²) in [5.74, 6) is 0. The van der Waals surface area contributed by atoms with Gasteiger partial charge in [0, 0.05) is 0 Å². The predicted molar refractivity (Wildman–Crippen MR) is 69.2 cm³/mol. The van der Waals surface area contributed by atoms with Gasteiger partial charge in [-0.2, -0.15) is 5.10 Å². The van der Waals surface area contributed by atoms with E-state index in [1.165, 1.54) is 0 Å². The van der Waals surface area contributed by atoms with Crippen LogP contribution in [0.5, 0.6) is 0 Å². The molecule has 0 atom stereocenters. The molecular weight excluding hydrogens is 222 g/mol. The molecule has 3 nitrogen and oxygen atoms in total. The number of anilines is 1. The summed E-state index contributed by atoms with van der Waals surface area (Å²) in [5.41, 5.74) is 8.83. The number of rotatable bonds is 3. The monoisotopic (exact) mass is 237 g/mol. The SMILES string of the molecule is CCCc1c(N)cnn1-c1ccccc1.Cl. The third-order valence-corrected chi connectivity index (χ3v) is 2.39. The van der Waals surface area contributed by atoms with Gasteiger partial charge in [0.15, 0.2) is 0 Å². The summed E-state index contributed by atoms with van der Waals surface area (Å²) in [7, 11) is 0. The Bertz CT molecular complexity index is 437. The summed E-state index contributed by atoms with van der Waals surface area (Å²) in [6.07, 6.45) is 3.75. The van der Waals surface area contributed by atoms with Gasteiger partial charge < -0.3 is 5.73 Å². The lowest BCUT2D eigenvalue weighted by Crippen LogP contribution is -2.03. The molecule has 0 saturated carbocycles. The molecule has 0 aliphatic carbocycles. The molecule has 1 aromatic carbocycles. The van der Waals surface area contributed by atoms with Crippen molar-refractivity contribution in [3.05, 3.63) is 42.2 Å². The van der Waals surface area contributed by atoms with E-state index in [0.29, 0.717) is 0 Å². The average molecular weight is 238 g/mol. The van der Waals surface area contributed by atoms with E-state index >= 15 is 0 Å². The molecule has 2 rings (SSSR count). The standard InChI is InChI=1S/C12H15N3.ClH/c1-2-6-12-11(13)9-14-15(12)10-7-4-3-5-8-10;/h3-5,7-9H,2,6,13H2,1H3;1H.